The van der Waals surface area contributed by atoms with E-state index >= 15 is 0 Å². The first kappa shape index (κ1) is 18.8. The lowest BCUT2D eigenvalue weighted by Gasteiger charge is -2.18. The first-order valence-electron chi connectivity index (χ1n) is 7.70. The van der Waals surface area contributed by atoms with Crippen LogP contribution in [0.3, 0.4) is 0 Å². The largest absolute Gasteiger partial charge is 0.343 e. The second kappa shape index (κ2) is 8.52. The third-order valence-corrected chi connectivity index (χ3v) is 5.57. The molecule has 6 nitrogen and oxygen atoms in total. The number of nitrogen functional groups attached to an aromatic ring is 1. The molecule has 0 unspecified atom stereocenters. The molecule has 0 fully saturated rings. The molecule has 0 aliphatic carbocycles. The number of aromatic nitrogens is 1. The predicted octanol–water partition coefficient (Wildman–Crippen LogP) is 2.52. The number of hydrogen-bond donors (Lipinski definition) is 1. The van der Waals surface area contributed by atoms with Crippen molar-refractivity contribution in [1.29, 1.82) is 10.5 Å². The number of thioether (sulfide) groups is 1. The van der Waals surface area contributed by atoms with Gasteiger partial charge in [0, 0.05) is 23.5 Å². The van der Waals surface area contributed by atoms with Crippen molar-refractivity contribution in [1.82, 2.24) is 4.90 Å². The van der Waals surface area contributed by atoms with E-state index in [1.54, 1.807) is 4.90 Å². The number of nitriles is 2. The molecule has 0 spiro atoms. The van der Waals surface area contributed by atoms with E-state index in [9.17, 15) is 15.3 Å². The average Bonchev–Trinajstić information content (AvgIpc) is 3.14. The van der Waals surface area contributed by atoms with Crippen molar-refractivity contribution < 1.29 is 9.78 Å². The van der Waals surface area contributed by atoms with E-state index in [1.165, 1.54) is 23.1 Å². The second-order valence-electron chi connectivity index (χ2n) is 5.05. The lowest BCUT2D eigenvalue weighted by molar-refractivity contribution is -0.410. The number of carbonyl (C=O) groups excluding carboxylic acids is 1. The highest BCUT2D eigenvalue weighted by atomic mass is 32.2. The number of H-pyrrole nitrogens is 1. The fourth-order valence-corrected chi connectivity index (χ4v) is 4.13. The topological polar surface area (TPSA) is 108 Å². The molecule has 0 aromatic carbocycles. The molecule has 0 bridgehead atoms. The minimum Gasteiger partial charge on any atom is -0.343 e. The van der Waals surface area contributed by atoms with E-state index in [0.29, 0.717) is 29.2 Å². The van der Waals surface area contributed by atoms with E-state index in [1.807, 2.05) is 31.4 Å². The molecule has 1 amide bonds. The molecule has 128 valence electrons. The SMILES string of the molecule is CCN(CC)C(=O)CSc1[nH+]c(N)c(C#N)c(-c2cccs2)c1C#N. The number of aromatic amines is 1. The Morgan fingerprint density at radius 3 is 2.52 bits per heavy atom. The van der Waals surface area contributed by atoms with Crippen molar-refractivity contribution in [3.63, 3.8) is 0 Å². The summed E-state index contributed by atoms with van der Waals surface area (Å²) in [7, 11) is 0. The zero-order valence-corrected chi connectivity index (χ0v) is 15.6. The fourth-order valence-electron chi connectivity index (χ4n) is 2.42. The van der Waals surface area contributed by atoms with Gasteiger partial charge in [-0.25, -0.2) is 4.98 Å². The van der Waals surface area contributed by atoms with Crippen LogP contribution in [-0.4, -0.2) is 29.6 Å². The molecular weight excluding hydrogens is 354 g/mol. The summed E-state index contributed by atoms with van der Waals surface area (Å²) in [6.45, 7) is 5.13. The molecule has 0 saturated heterocycles. The van der Waals surface area contributed by atoms with Gasteiger partial charge in [-0.1, -0.05) is 17.8 Å². The lowest BCUT2D eigenvalue weighted by atomic mass is 10.0. The van der Waals surface area contributed by atoms with Crippen LogP contribution in [0.1, 0.15) is 25.0 Å². The van der Waals surface area contributed by atoms with Crippen molar-refractivity contribution in [3.05, 3.63) is 28.6 Å². The number of nitrogens with one attached hydrogen (secondary N) is 1. The zero-order chi connectivity index (χ0) is 18.4. The number of nitrogens with two attached hydrogens (primary N) is 1. The van der Waals surface area contributed by atoms with Crippen LogP contribution in [0, 0.1) is 22.7 Å². The van der Waals surface area contributed by atoms with E-state index in [2.05, 4.69) is 17.1 Å². The highest BCUT2D eigenvalue weighted by molar-refractivity contribution is 7.99. The summed E-state index contributed by atoms with van der Waals surface area (Å²) in [5, 5.41) is 21.5. The first-order valence-corrected chi connectivity index (χ1v) is 9.57. The van der Waals surface area contributed by atoms with E-state index in [0.717, 1.165) is 4.88 Å². The lowest BCUT2D eigenvalue weighted by Crippen LogP contribution is -2.32. The van der Waals surface area contributed by atoms with Gasteiger partial charge in [0.25, 0.3) is 5.82 Å². The molecule has 25 heavy (non-hydrogen) atoms. The summed E-state index contributed by atoms with van der Waals surface area (Å²) in [5.74, 6) is 0.387. The Balaban J connectivity index is 2.45. The van der Waals surface area contributed by atoms with Crippen LogP contribution >= 0.6 is 23.1 Å². The highest BCUT2D eigenvalue weighted by Gasteiger charge is 2.25. The number of rotatable bonds is 6. The molecule has 3 N–H and O–H groups in total. The van der Waals surface area contributed by atoms with Crippen molar-refractivity contribution in [2.24, 2.45) is 0 Å². The number of thiophene rings is 1. The first-order chi connectivity index (χ1) is 12.1. The van der Waals surface area contributed by atoms with Gasteiger partial charge in [0.15, 0.2) is 10.6 Å². The normalized spacial score (nSPS) is 10.1. The molecule has 2 aromatic rings. The van der Waals surface area contributed by atoms with Gasteiger partial charge in [-0.05, 0) is 25.3 Å². The Morgan fingerprint density at radius 1 is 1.32 bits per heavy atom. The molecule has 8 heteroatoms. The van der Waals surface area contributed by atoms with Crippen LogP contribution in [-0.2, 0) is 4.79 Å². The molecule has 0 radical (unpaired) electrons. The van der Waals surface area contributed by atoms with Crippen molar-refractivity contribution in [2.45, 2.75) is 18.9 Å². The number of anilines is 1. The van der Waals surface area contributed by atoms with Gasteiger partial charge in [0.2, 0.25) is 5.91 Å². The molecule has 0 aliphatic rings. The third kappa shape index (κ3) is 3.93. The van der Waals surface area contributed by atoms with Crippen LogP contribution in [0.4, 0.5) is 5.82 Å². The number of hydrogen-bond acceptors (Lipinski definition) is 6. The number of carbonyl (C=O) groups is 1. The van der Waals surface area contributed by atoms with Crippen LogP contribution in [0.5, 0.6) is 0 Å². The van der Waals surface area contributed by atoms with Gasteiger partial charge in [-0.3, -0.25) is 10.5 Å². The molecule has 2 heterocycles. The Morgan fingerprint density at radius 2 is 2.00 bits per heavy atom. The van der Waals surface area contributed by atoms with Gasteiger partial charge in [-0.15, -0.1) is 11.3 Å². The number of amides is 1. The van der Waals surface area contributed by atoms with E-state index < -0.39 is 0 Å². The van der Waals surface area contributed by atoms with Gasteiger partial charge < -0.3 is 4.90 Å². The van der Waals surface area contributed by atoms with E-state index in [4.69, 9.17) is 5.73 Å². The van der Waals surface area contributed by atoms with Gasteiger partial charge in [0.1, 0.15) is 17.7 Å². The summed E-state index contributed by atoms with van der Waals surface area (Å²) < 4.78 is 0. The highest BCUT2D eigenvalue weighted by Crippen LogP contribution is 2.35. The van der Waals surface area contributed by atoms with Crippen LogP contribution < -0.4 is 10.7 Å². The fraction of sp³-hybridized carbons (Fsp3) is 0.294. The quantitative estimate of drug-likeness (QED) is 0.784. The smallest absolute Gasteiger partial charge is 0.289 e. The van der Waals surface area contributed by atoms with Crippen molar-refractivity contribution in [2.75, 3.05) is 24.6 Å². The predicted molar refractivity (Wildman–Crippen MR) is 98.8 cm³/mol. The van der Waals surface area contributed by atoms with E-state index in [-0.39, 0.29) is 23.0 Å². The molecule has 0 aliphatic heterocycles. The second-order valence-corrected chi connectivity index (χ2v) is 6.98. The molecular formula is C17H18N5OS2+. The summed E-state index contributed by atoms with van der Waals surface area (Å²) >= 11 is 2.66. The third-order valence-electron chi connectivity index (χ3n) is 3.69. The van der Waals surface area contributed by atoms with Gasteiger partial charge >= 0.3 is 0 Å². The summed E-state index contributed by atoms with van der Waals surface area (Å²) in [4.78, 5) is 17.7. The van der Waals surface area contributed by atoms with Crippen LogP contribution in [0.15, 0.2) is 22.5 Å². The number of nitrogens with zero attached hydrogens (tertiary/aromatic N) is 3. The maximum atomic E-state index is 12.2. The monoisotopic (exact) mass is 372 g/mol. The van der Waals surface area contributed by atoms with Gasteiger partial charge in [0.05, 0.1) is 5.75 Å². The van der Waals surface area contributed by atoms with Gasteiger partial charge in [-0.2, -0.15) is 10.5 Å². The minimum absolute atomic E-state index is 0.00658. The van der Waals surface area contributed by atoms with Crippen LogP contribution in [0.25, 0.3) is 10.4 Å². The van der Waals surface area contributed by atoms with Crippen molar-refractivity contribution >= 4 is 34.8 Å². The Kier molecular flexibility index (Phi) is 6.40. The molecule has 2 aromatic heterocycles. The standard InChI is InChI=1S/C17H17N5OS2/c1-3-22(4-2)14(23)10-25-17-12(9-19)15(13-6-5-7-24-13)11(8-18)16(20)21-17/h5-7H,3-4,10H2,1-2H3,(H2,20,21)/p+1. The molecule has 2 rings (SSSR count). The Bertz CT molecular complexity index is 845. The Labute approximate surface area is 154 Å². The molecule has 0 atom stereocenters. The number of pyridine rings is 1. The molecule has 0 saturated carbocycles. The maximum absolute atomic E-state index is 12.2. The summed E-state index contributed by atoms with van der Waals surface area (Å²) in [5.41, 5.74) is 7.10. The maximum Gasteiger partial charge on any atom is 0.289 e. The Hall–Kier alpha value is -2.55. The average molecular weight is 372 g/mol. The van der Waals surface area contributed by atoms with Crippen LogP contribution in [0.2, 0.25) is 0 Å². The summed E-state index contributed by atoms with van der Waals surface area (Å²) in [6, 6.07) is 7.93. The zero-order valence-electron chi connectivity index (χ0n) is 14.0. The minimum atomic E-state index is -0.00658. The van der Waals surface area contributed by atoms with Crippen molar-refractivity contribution in [3.8, 4) is 22.6 Å². The summed E-state index contributed by atoms with van der Waals surface area (Å²) in [6.07, 6.45) is 0.